The molecular formula is C8H18N2O2. The third-order valence-corrected chi connectivity index (χ3v) is 1.97. The number of nitrogens with zero attached hydrogens (tertiary/aromatic N) is 1. The van der Waals surface area contributed by atoms with Gasteiger partial charge in [0.2, 0.25) is 0 Å². The van der Waals surface area contributed by atoms with Crippen molar-refractivity contribution in [2.45, 2.75) is 25.9 Å². The van der Waals surface area contributed by atoms with Crippen molar-refractivity contribution in [2.75, 3.05) is 26.7 Å². The zero-order valence-electron chi connectivity index (χ0n) is 8.04. The maximum Gasteiger partial charge on any atom is 0.165 e. The molecule has 0 amide bonds. The third kappa shape index (κ3) is 2.42. The molecule has 1 unspecified atom stereocenters. The van der Waals surface area contributed by atoms with E-state index in [1.165, 1.54) is 0 Å². The Labute approximate surface area is 73.6 Å². The SMILES string of the molecule is CN(CCN)C1COC(C)(C)O1. The Balaban J connectivity index is 2.36. The molecule has 0 saturated carbocycles. The van der Waals surface area contributed by atoms with Crippen molar-refractivity contribution in [2.24, 2.45) is 5.73 Å². The summed E-state index contributed by atoms with van der Waals surface area (Å²) >= 11 is 0. The molecule has 1 aliphatic rings. The standard InChI is InChI=1S/C8H18N2O2/c1-8(2)11-6-7(12-8)10(3)5-4-9/h7H,4-6,9H2,1-3H3. The van der Waals surface area contributed by atoms with Crippen LogP contribution in [0.5, 0.6) is 0 Å². The molecule has 1 heterocycles. The molecule has 1 saturated heterocycles. The van der Waals surface area contributed by atoms with Crippen molar-refractivity contribution in [3.8, 4) is 0 Å². The first kappa shape index (κ1) is 9.92. The molecule has 1 fully saturated rings. The second kappa shape index (κ2) is 3.70. The molecule has 1 aliphatic heterocycles. The number of rotatable bonds is 3. The van der Waals surface area contributed by atoms with Gasteiger partial charge in [-0.15, -0.1) is 0 Å². The van der Waals surface area contributed by atoms with E-state index < -0.39 is 5.79 Å². The molecule has 1 atom stereocenters. The predicted molar refractivity (Wildman–Crippen MR) is 46.6 cm³/mol. The number of likely N-dealkylation sites (N-methyl/N-ethyl adjacent to an activating group) is 1. The van der Waals surface area contributed by atoms with Gasteiger partial charge in [-0.2, -0.15) is 0 Å². The van der Waals surface area contributed by atoms with Gasteiger partial charge in [0, 0.05) is 13.1 Å². The van der Waals surface area contributed by atoms with E-state index in [1.54, 1.807) is 0 Å². The van der Waals surface area contributed by atoms with Crippen molar-refractivity contribution in [3.63, 3.8) is 0 Å². The zero-order valence-corrected chi connectivity index (χ0v) is 8.04. The van der Waals surface area contributed by atoms with Crippen LogP contribution in [0.1, 0.15) is 13.8 Å². The Morgan fingerprint density at radius 2 is 2.25 bits per heavy atom. The molecule has 0 aromatic rings. The molecule has 12 heavy (non-hydrogen) atoms. The lowest BCUT2D eigenvalue weighted by atomic mass is 10.4. The molecule has 72 valence electrons. The van der Waals surface area contributed by atoms with E-state index in [1.807, 2.05) is 20.9 Å². The lowest BCUT2D eigenvalue weighted by molar-refractivity contribution is -0.156. The van der Waals surface area contributed by atoms with E-state index in [-0.39, 0.29) is 6.23 Å². The Morgan fingerprint density at radius 1 is 1.58 bits per heavy atom. The maximum atomic E-state index is 5.61. The van der Waals surface area contributed by atoms with Crippen molar-refractivity contribution >= 4 is 0 Å². The summed E-state index contributed by atoms with van der Waals surface area (Å²) in [6.07, 6.45) is 0.0588. The monoisotopic (exact) mass is 174 g/mol. The first-order valence-corrected chi connectivity index (χ1v) is 4.27. The van der Waals surface area contributed by atoms with E-state index in [9.17, 15) is 0 Å². The molecule has 0 spiro atoms. The summed E-state index contributed by atoms with van der Waals surface area (Å²) < 4.78 is 11.0. The van der Waals surface area contributed by atoms with Gasteiger partial charge >= 0.3 is 0 Å². The van der Waals surface area contributed by atoms with Crippen LogP contribution >= 0.6 is 0 Å². The molecule has 4 heteroatoms. The molecule has 0 aliphatic carbocycles. The van der Waals surface area contributed by atoms with Gasteiger partial charge in [-0.05, 0) is 20.9 Å². The van der Waals surface area contributed by atoms with Gasteiger partial charge in [-0.25, -0.2) is 0 Å². The molecule has 0 radical (unpaired) electrons. The first-order valence-electron chi connectivity index (χ1n) is 4.27. The van der Waals surface area contributed by atoms with Crippen LogP contribution in [0.2, 0.25) is 0 Å². The fourth-order valence-corrected chi connectivity index (χ4v) is 1.23. The number of ether oxygens (including phenoxy) is 2. The average Bonchev–Trinajstić information content (AvgIpc) is 2.31. The minimum absolute atomic E-state index is 0.0588. The molecule has 0 bridgehead atoms. The van der Waals surface area contributed by atoms with E-state index in [2.05, 4.69) is 4.90 Å². The topological polar surface area (TPSA) is 47.7 Å². The van der Waals surface area contributed by atoms with Crippen LogP contribution in [0.15, 0.2) is 0 Å². The average molecular weight is 174 g/mol. The summed E-state index contributed by atoms with van der Waals surface area (Å²) in [4.78, 5) is 2.06. The Morgan fingerprint density at radius 3 is 2.67 bits per heavy atom. The van der Waals surface area contributed by atoms with Crippen LogP contribution < -0.4 is 5.73 Å². The highest BCUT2D eigenvalue weighted by Crippen LogP contribution is 2.23. The molecule has 2 N–H and O–H groups in total. The fraction of sp³-hybridized carbons (Fsp3) is 1.00. The third-order valence-electron chi connectivity index (χ3n) is 1.97. The van der Waals surface area contributed by atoms with Crippen LogP contribution in [0, 0.1) is 0 Å². The highest BCUT2D eigenvalue weighted by atomic mass is 16.8. The van der Waals surface area contributed by atoms with Gasteiger partial charge < -0.3 is 15.2 Å². The fourth-order valence-electron chi connectivity index (χ4n) is 1.23. The van der Waals surface area contributed by atoms with E-state index in [4.69, 9.17) is 15.2 Å². The summed E-state index contributed by atoms with van der Waals surface area (Å²) in [6, 6.07) is 0. The number of hydrogen-bond donors (Lipinski definition) is 1. The number of hydrogen-bond acceptors (Lipinski definition) is 4. The van der Waals surface area contributed by atoms with E-state index >= 15 is 0 Å². The molecule has 0 aromatic heterocycles. The first-order chi connectivity index (χ1) is 5.55. The Bertz CT molecular complexity index is 150. The van der Waals surface area contributed by atoms with Crippen LogP contribution in [0.25, 0.3) is 0 Å². The van der Waals surface area contributed by atoms with Crippen LogP contribution in [-0.4, -0.2) is 43.7 Å². The maximum absolute atomic E-state index is 5.61. The molecular weight excluding hydrogens is 156 g/mol. The summed E-state index contributed by atoms with van der Waals surface area (Å²) in [7, 11) is 1.99. The summed E-state index contributed by atoms with van der Waals surface area (Å²) in [5, 5.41) is 0. The molecule has 0 aromatic carbocycles. The minimum Gasteiger partial charge on any atom is -0.346 e. The van der Waals surface area contributed by atoms with E-state index in [0.29, 0.717) is 13.2 Å². The summed E-state index contributed by atoms with van der Waals surface area (Å²) in [5.41, 5.74) is 5.43. The Hall–Kier alpha value is -0.160. The summed E-state index contributed by atoms with van der Waals surface area (Å²) in [6.45, 7) is 5.96. The van der Waals surface area contributed by atoms with Gasteiger partial charge in [-0.3, -0.25) is 4.90 Å². The van der Waals surface area contributed by atoms with Crippen LogP contribution in [0.3, 0.4) is 0 Å². The second-order valence-corrected chi connectivity index (χ2v) is 3.55. The van der Waals surface area contributed by atoms with Crippen LogP contribution in [-0.2, 0) is 9.47 Å². The zero-order chi connectivity index (χ0) is 9.19. The van der Waals surface area contributed by atoms with Crippen LogP contribution in [0.4, 0.5) is 0 Å². The van der Waals surface area contributed by atoms with Crippen molar-refractivity contribution in [1.29, 1.82) is 0 Å². The molecule has 4 nitrogen and oxygen atoms in total. The van der Waals surface area contributed by atoms with Gasteiger partial charge in [0.1, 0.15) is 6.23 Å². The minimum atomic E-state index is -0.437. The van der Waals surface area contributed by atoms with E-state index in [0.717, 1.165) is 6.54 Å². The normalized spacial score (nSPS) is 28.2. The van der Waals surface area contributed by atoms with Gasteiger partial charge in [0.05, 0.1) is 6.61 Å². The highest BCUT2D eigenvalue weighted by Gasteiger charge is 2.34. The second-order valence-electron chi connectivity index (χ2n) is 3.55. The van der Waals surface area contributed by atoms with Gasteiger partial charge in [0.15, 0.2) is 5.79 Å². The molecule has 1 rings (SSSR count). The van der Waals surface area contributed by atoms with Gasteiger partial charge in [-0.1, -0.05) is 0 Å². The summed E-state index contributed by atoms with van der Waals surface area (Å²) in [5.74, 6) is -0.437. The lowest BCUT2D eigenvalue weighted by Gasteiger charge is -2.23. The van der Waals surface area contributed by atoms with Crippen molar-refractivity contribution < 1.29 is 9.47 Å². The smallest absolute Gasteiger partial charge is 0.165 e. The van der Waals surface area contributed by atoms with Crippen molar-refractivity contribution in [3.05, 3.63) is 0 Å². The van der Waals surface area contributed by atoms with Gasteiger partial charge in [0.25, 0.3) is 0 Å². The lowest BCUT2D eigenvalue weighted by Crippen LogP contribution is -2.38. The number of nitrogens with two attached hydrogens (primary N) is 1. The Kier molecular flexibility index (Phi) is 3.06. The van der Waals surface area contributed by atoms with Crippen molar-refractivity contribution in [1.82, 2.24) is 4.90 Å². The quantitative estimate of drug-likeness (QED) is 0.653. The predicted octanol–water partition coefficient (Wildman–Crippen LogP) is -0.0141. The highest BCUT2D eigenvalue weighted by molar-refractivity contribution is 4.70. The largest absolute Gasteiger partial charge is 0.346 e.